The summed E-state index contributed by atoms with van der Waals surface area (Å²) in [7, 11) is 0. The lowest BCUT2D eigenvalue weighted by atomic mass is 9.79. The van der Waals surface area contributed by atoms with E-state index in [9.17, 15) is 4.79 Å². The van der Waals surface area contributed by atoms with E-state index in [1.54, 1.807) is 6.20 Å². The van der Waals surface area contributed by atoms with E-state index in [0.717, 1.165) is 19.3 Å². The molecule has 3 heteroatoms. The lowest BCUT2D eigenvalue weighted by Crippen LogP contribution is -2.41. The summed E-state index contributed by atoms with van der Waals surface area (Å²) in [5, 5.41) is 0. The lowest BCUT2D eigenvalue weighted by molar-refractivity contribution is 0.0797. The average Bonchev–Trinajstić information content (AvgIpc) is 2.77. The van der Waals surface area contributed by atoms with Gasteiger partial charge < -0.3 is 10.7 Å². The van der Waals surface area contributed by atoms with E-state index in [1.165, 1.54) is 0 Å². The second kappa shape index (κ2) is 3.24. The van der Waals surface area contributed by atoms with Crippen LogP contribution < -0.4 is 5.73 Å². The third-order valence-electron chi connectivity index (χ3n) is 3.39. The molecule has 1 aliphatic carbocycles. The number of H-pyrrole nitrogens is 1. The molecule has 1 heterocycles. The highest BCUT2D eigenvalue weighted by Crippen LogP contribution is 2.39. The fourth-order valence-electron chi connectivity index (χ4n) is 2.25. The second-order valence-corrected chi connectivity index (χ2v) is 4.33. The molecule has 1 fully saturated rings. The van der Waals surface area contributed by atoms with Crippen molar-refractivity contribution in [3.63, 3.8) is 0 Å². The first-order chi connectivity index (χ1) is 6.64. The van der Waals surface area contributed by atoms with E-state index in [-0.39, 0.29) is 17.2 Å². The number of aromatic nitrogens is 1. The molecular weight excluding hydrogens is 176 g/mol. The number of nitrogens with two attached hydrogens (primary N) is 1. The Hall–Kier alpha value is -1.09. The number of nitrogens with one attached hydrogen (secondary N) is 1. The predicted octanol–water partition coefficient (Wildman–Crippen LogP) is 1.71. The molecule has 2 atom stereocenters. The first-order valence-electron chi connectivity index (χ1n) is 5.08. The number of ketones is 1. The number of rotatable bonds is 2. The van der Waals surface area contributed by atoms with Gasteiger partial charge in [-0.3, -0.25) is 4.79 Å². The third-order valence-corrected chi connectivity index (χ3v) is 3.39. The lowest BCUT2D eigenvalue weighted by Gasteiger charge is -2.26. The van der Waals surface area contributed by atoms with Crippen molar-refractivity contribution in [3.8, 4) is 0 Å². The molecule has 0 radical (unpaired) electrons. The standard InChI is InChI=1S/C11H16N2O/c1-11(6-2-5-9(11)12)10(14)8-4-3-7-13-8/h3-4,7,9,13H,2,5-6,12H2,1H3. The molecule has 3 N–H and O–H groups in total. The summed E-state index contributed by atoms with van der Waals surface area (Å²) in [4.78, 5) is 15.1. The molecule has 2 rings (SSSR count). The first kappa shape index (κ1) is 9.46. The molecule has 1 saturated carbocycles. The van der Waals surface area contributed by atoms with Crippen LogP contribution >= 0.6 is 0 Å². The third kappa shape index (κ3) is 1.28. The summed E-state index contributed by atoms with van der Waals surface area (Å²) < 4.78 is 0. The van der Waals surface area contributed by atoms with E-state index < -0.39 is 0 Å². The quantitative estimate of drug-likeness (QED) is 0.701. The number of carbonyl (C=O) groups is 1. The van der Waals surface area contributed by atoms with Gasteiger partial charge in [0.2, 0.25) is 0 Å². The minimum atomic E-state index is -0.356. The van der Waals surface area contributed by atoms with Crippen LogP contribution in [0.3, 0.4) is 0 Å². The topological polar surface area (TPSA) is 58.9 Å². The number of hydrogen-bond donors (Lipinski definition) is 2. The molecule has 1 aromatic rings. The van der Waals surface area contributed by atoms with Gasteiger partial charge in [-0.15, -0.1) is 0 Å². The average molecular weight is 192 g/mol. The summed E-state index contributed by atoms with van der Waals surface area (Å²) in [6.07, 6.45) is 4.70. The Labute approximate surface area is 83.7 Å². The fraction of sp³-hybridized carbons (Fsp3) is 0.545. The fourth-order valence-corrected chi connectivity index (χ4v) is 2.25. The molecule has 1 aliphatic rings. The number of carbonyl (C=O) groups excluding carboxylic acids is 1. The Morgan fingerprint density at radius 3 is 3.00 bits per heavy atom. The molecule has 0 aliphatic heterocycles. The summed E-state index contributed by atoms with van der Waals surface area (Å²) in [6, 6.07) is 3.67. The van der Waals surface area contributed by atoms with Crippen molar-refractivity contribution in [2.24, 2.45) is 11.1 Å². The summed E-state index contributed by atoms with van der Waals surface area (Å²) >= 11 is 0. The highest BCUT2D eigenvalue weighted by atomic mass is 16.1. The molecule has 1 aromatic heterocycles. The van der Waals surface area contributed by atoms with E-state index in [2.05, 4.69) is 4.98 Å². The molecule has 2 unspecified atom stereocenters. The van der Waals surface area contributed by atoms with Crippen LogP contribution in [0.5, 0.6) is 0 Å². The smallest absolute Gasteiger partial charge is 0.186 e. The van der Waals surface area contributed by atoms with Crippen LogP contribution in [0.15, 0.2) is 18.3 Å². The van der Waals surface area contributed by atoms with Gasteiger partial charge in [0.15, 0.2) is 5.78 Å². The highest BCUT2D eigenvalue weighted by molar-refractivity contribution is 5.99. The Kier molecular flexibility index (Phi) is 2.19. The minimum Gasteiger partial charge on any atom is -0.359 e. The largest absolute Gasteiger partial charge is 0.359 e. The Morgan fingerprint density at radius 1 is 1.71 bits per heavy atom. The molecular formula is C11H16N2O. The number of aromatic amines is 1. The summed E-state index contributed by atoms with van der Waals surface area (Å²) in [5.41, 5.74) is 6.31. The Balaban J connectivity index is 2.27. The van der Waals surface area contributed by atoms with Crippen molar-refractivity contribution in [3.05, 3.63) is 24.0 Å². The van der Waals surface area contributed by atoms with Crippen LogP contribution in [0.2, 0.25) is 0 Å². The molecule has 3 nitrogen and oxygen atoms in total. The zero-order chi connectivity index (χ0) is 10.2. The van der Waals surface area contributed by atoms with Gasteiger partial charge in [0.1, 0.15) is 0 Å². The van der Waals surface area contributed by atoms with Gasteiger partial charge in [-0.2, -0.15) is 0 Å². The Morgan fingerprint density at radius 2 is 2.50 bits per heavy atom. The maximum Gasteiger partial charge on any atom is 0.186 e. The van der Waals surface area contributed by atoms with Crippen molar-refractivity contribution in [2.75, 3.05) is 0 Å². The van der Waals surface area contributed by atoms with Gasteiger partial charge in [0.05, 0.1) is 5.69 Å². The van der Waals surface area contributed by atoms with Crippen LogP contribution in [-0.2, 0) is 0 Å². The monoisotopic (exact) mass is 192 g/mol. The number of Topliss-reactive ketones (excluding diaryl/α,β-unsaturated/α-hetero) is 1. The van der Waals surface area contributed by atoms with E-state index in [0.29, 0.717) is 5.69 Å². The second-order valence-electron chi connectivity index (χ2n) is 4.33. The van der Waals surface area contributed by atoms with Crippen LogP contribution in [0.1, 0.15) is 36.7 Å². The maximum atomic E-state index is 12.1. The molecule has 0 saturated heterocycles. The van der Waals surface area contributed by atoms with Crippen molar-refractivity contribution in [2.45, 2.75) is 32.2 Å². The van der Waals surface area contributed by atoms with Crippen LogP contribution in [0.25, 0.3) is 0 Å². The van der Waals surface area contributed by atoms with Crippen LogP contribution in [0, 0.1) is 5.41 Å². The van der Waals surface area contributed by atoms with E-state index in [4.69, 9.17) is 5.73 Å². The SMILES string of the molecule is CC1(C(=O)c2ccc[nH]2)CCCC1N. The number of hydrogen-bond acceptors (Lipinski definition) is 2. The highest BCUT2D eigenvalue weighted by Gasteiger charge is 2.43. The van der Waals surface area contributed by atoms with Gasteiger partial charge in [-0.25, -0.2) is 0 Å². The first-order valence-corrected chi connectivity index (χ1v) is 5.08. The molecule has 76 valence electrons. The molecule has 0 bridgehead atoms. The summed E-state index contributed by atoms with van der Waals surface area (Å²) in [6.45, 7) is 1.98. The molecule has 14 heavy (non-hydrogen) atoms. The zero-order valence-electron chi connectivity index (χ0n) is 8.42. The van der Waals surface area contributed by atoms with Gasteiger partial charge >= 0.3 is 0 Å². The van der Waals surface area contributed by atoms with Crippen molar-refractivity contribution >= 4 is 5.78 Å². The zero-order valence-corrected chi connectivity index (χ0v) is 8.42. The van der Waals surface area contributed by atoms with Gasteiger partial charge in [0, 0.05) is 17.7 Å². The van der Waals surface area contributed by atoms with Gasteiger partial charge in [0.25, 0.3) is 0 Å². The molecule has 0 aromatic carbocycles. The minimum absolute atomic E-state index is 0.0123. The maximum absolute atomic E-state index is 12.1. The van der Waals surface area contributed by atoms with Crippen LogP contribution in [-0.4, -0.2) is 16.8 Å². The van der Waals surface area contributed by atoms with Crippen molar-refractivity contribution < 1.29 is 4.79 Å². The summed E-state index contributed by atoms with van der Waals surface area (Å²) in [5.74, 6) is 0.160. The van der Waals surface area contributed by atoms with Gasteiger partial charge in [-0.1, -0.05) is 13.3 Å². The normalized spacial score (nSPS) is 32.0. The van der Waals surface area contributed by atoms with Crippen LogP contribution in [0.4, 0.5) is 0 Å². The molecule has 0 amide bonds. The Bertz CT molecular complexity index is 331. The predicted molar refractivity (Wildman–Crippen MR) is 55.1 cm³/mol. The molecule has 0 spiro atoms. The van der Waals surface area contributed by atoms with E-state index in [1.807, 2.05) is 19.1 Å². The van der Waals surface area contributed by atoms with Crippen molar-refractivity contribution in [1.29, 1.82) is 0 Å². The van der Waals surface area contributed by atoms with E-state index >= 15 is 0 Å². The van der Waals surface area contributed by atoms with Gasteiger partial charge in [-0.05, 0) is 25.0 Å². The van der Waals surface area contributed by atoms with Crippen molar-refractivity contribution in [1.82, 2.24) is 4.98 Å².